The summed E-state index contributed by atoms with van der Waals surface area (Å²) in [4.78, 5) is 30.7. The molecule has 2 aliphatic heterocycles. The summed E-state index contributed by atoms with van der Waals surface area (Å²) in [5, 5.41) is 10.3. The van der Waals surface area contributed by atoms with E-state index in [9.17, 15) is 14.7 Å². The summed E-state index contributed by atoms with van der Waals surface area (Å²) in [7, 11) is 3.91. The summed E-state index contributed by atoms with van der Waals surface area (Å²) in [5.41, 5.74) is 2.03. The van der Waals surface area contributed by atoms with E-state index in [-0.39, 0.29) is 23.8 Å². The van der Waals surface area contributed by atoms with Crippen molar-refractivity contribution in [1.29, 1.82) is 0 Å². The topological polar surface area (TPSA) is 73.3 Å². The molecule has 2 heterocycles. The molecule has 2 aliphatic rings. The van der Waals surface area contributed by atoms with E-state index in [0.717, 1.165) is 24.3 Å². The molecule has 7 nitrogen and oxygen atoms in total. The summed E-state index contributed by atoms with van der Waals surface area (Å²) < 4.78 is 5.36. The average molecular weight is 409 g/mol. The van der Waals surface area contributed by atoms with Crippen LogP contribution in [-0.2, 0) is 14.3 Å². The summed E-state index contributed by atoms with van der Waals surface area (Å²) in [6.45, 7) is 5.54. The second-order valence-electron chi connectivity index (χ2n) is 7.16. The van der Waals surface area contributed by atoms with Crippen LogP contribution >= 0.6 is 0 Å². The van der Waals surface area contributed by atoms with Crippen LogP contribution in [0.15, 0.2) is 35.6 Å². The van der Waals surface area contributed by atoms with E-state index in [2.05, 4.69) is 4.90 Å². The Bertz CT molecular complexity index is 742. The highest BCUT2D eigenvalue weighted by Gasteiger charge is 2.42. The number of ketones is 1. The third-order valence-electron chi connectivity index (χ3n) is 5.17. The zero-order valence-electron chi connectivity index (χ0n) is 16.5. The average Bonchev–Trinajstić information content (AvgIpc) is 2.92. The van der Waals surface area contributed by atoms with E-state index in [1.807, 2.05) is 43.3 Å². The van der Waals surface area contributed by atoms with Gasteiger partial charge in [-0.15, -0.1) is 0 Å². The molecule has 0 radical (unpaired) electrons. The Kier molecular flexibility index (Phi) is 7.46. The van der Waals surface area contributed by atoms with Crippen molar-refractivity contribution >= 4 is 17.4 Å². The number of morpholine rings is 1. The number of amides is 1. The number of carbonyl (C=O) groups excluding carboxylic acids is 2. The van der Waals surface area contributed by atoms with Crippen LogP contribution in [0.5, 0.6) is 0 Å². The molecule has 1 atom stereocenters. The first-order valence-electron chi connectivity index (χ1n) is 9.22. The van der Waals surface area contributed by atoms with Gasteiger partial charge in [-0.3, -0.25) is 14.5 Å². The van der Waals surface area contributed by atoms with Crippen LogP contribution in [0.25, 0.3) is 0 Å². The second-order valence-corrected chi connectivity index (χ2v) is 7.16. The maximum absolute atomic E-state index is 12.7. The lowest BCUT2D eigenvalue weighted by atomic mass is 9.96. The molecule has 1 N–H and O–H groups in total. The minimum absolute atomic E-state index is 0. The summed E-state index contributed by atoms with van der Waals surface area (Å²) in [6.07, 6.45) is 0. The first-order valence-corrected chi connectivity index (χ1v) is 9.22. The lowest BCUT2D eigenvalue weighted by Crippen LogP contribution is -3.00. The van der Waals surface area contributed by atoms with Crippen molar-refractivity contribution in [1.82, 2.24) is 9.80 Å². The SMILES string of the molecule is CC(=O)C1=C(O)C(=O)N(CCN2CCOCC2)C1c1ccc(N(C)C)cc1.[Cl-]. The van der Waals surface area contributed by atoms with Crippen LogP contribution in [0.1, 0.15) is 18.5 Å². The number of nitrogens with zero attached hydrogens (tertiary/aromatic N) is 3. The van der Waals surface area contributed by atoms with Crippen molar-refractivity contribution in [3.63, 3.8) is 0 Å². The van der Waals surface area contributed by atoms with Gasteiger partial charge >= 0.3 is 0 Å². The highest BCUT2D eigenvalue weighted by atomic mass is 35.5. The highest BCUT2D eigenvalue weighted by molar-refractivity contribution is 6.08. The molecule has 1 aromatic rings. The second kappa shape index (κ2) is 9.41. The van der Waals surface area contributed by atoms with Crippen molar-refractivity contribution in [2.45, 2.75) is 13.0 Å². The Labute approximate surface area is 172 Å². The Morgan fingerprint density at radius 3 is 2.32 bits per heavy atom. The monoisotopic (exact) mass is 408 g/mol. The molecular weight excluding hydrogens is 382 g/mol. The Balaban J connectivity index is 0.00000280. The molecule has 1 unspecified atom stereocenters. The predicted molar refractivity (Wildman–Crippen MR) is 103 cm³/mol. The third kappa shape index (κ3) is 4.48. The maximum atomic E-state index is 12.7. The van der Waals surface area contributed by atoms with Gasteiger partial charge < -0.3 is 32.1 Å². The van der Waals surface area contributed by atoms with Crippen molar-refractivity contribution in [3.8, 4) is 0 Å². The molecule has 1 aromatic carbocycles. The molecule has 3 rings (SSSR count). The Morgan fingerprint density at radius 2 is 1.79 bits per heavy atom. The number of rotatable bonds is 6. The molecule has 154 valence electrons. The van der Waals surface area contributed by atoms with Crippen molar-refractivity contribution < 1.29 is 31.8 Å². The molecule has 28 heavy (non-hydrogen) atoms. The van der Waals surface area contributed by atoms with Gasteiger partial charge in [-0.25, -0.2) is 0 Å². The number of Topliss-reactive ketones (excluding diaryl/α,β-unsaturated/α-hetero) is 1. The largest absolute Gasteiger partial charge is 1.00 e. The molecule has 0 aromatic heterocycles. The Morgan fingerprint density at radius 1 is 1.18 bits per heavy atom. The third-order valence-corrected chi connectivity index (χ3v) is 5.17. The Hall–Kier alpha value is -2.09. The fourth-order valence-corrected chi connectivity index (χ4v) is 3.62. The van der Waals surface area contributed by atoms with Gasteiger partial charge in [-0.05, 0) is 24.6 Å². The van der Waals surface area contributed by atoms with E-state index < -0.39 is 17.7 Å². The maximum Gasteiger partial charge on any atom is 0.290 e. The fourth-order valence-electron chi connectivity index (χ4n) is 3.62. The van der Waals surface area contributed by atoms with E-state index in [1.54, 1.807) is 4.90 Å². The number of aliphatic hydroxyl groups excluding tert-OH is 1. The van der Waals surface area contributed by atoms with E-state index >= 15 is 0 Å². The zero-order chi connectivity index (χ0) is 19.6. The number of ether oxygens (including phenoxy) is 1. The van der Waals surface area contributed by atoms with Gasteiger partial charge in [0.15, 0.2) is 11.5 Å². The number of hydrogen-bond donors (Lipinski definition) is 1. The molecule has 0 saturated carbocycles. The number of benzene rings is 1. The summed E-state index contributed by atoms with van der Waals surface area (Å²) >= 11 is 0. The van der Waals surface area contributed by atoms with Crippen LogP contribution in [0.3, 0.4) is 0 Å². The van der Waals surface area contributed by atoms with Crippen LogP contribution in [0.4, 0.5) is 5.69 Å². The van der Waals surface area contributed by atoms with Gasteiger partial charge in [0.2, 0.25) is 0 Å². The lowest BCUT2D eigenvalue weighted by molar-refractivity contribution is -0.129. The molecule has 8 heteroatoms. The van der Waals surface area contributed by atoms with Crippen LogP contribution < -0.4 is 17.3 Å². The van der Waals surface area contributed by atoms with E-state index in [1.165, 1.54) is 6.92 Å². The first kappa shape index (κ1) is 22.2. The van der Waals surface area contributed by atoms with Gasteiger partial charge in [-0.2, -0.15) is 0 Å². The predicted octanol–water partition coefficient (Wildman–Crippen LogP) is -1.63. The normalized spacial score (nSPS) is 20.3. The van der Waals surface area contributed by atoms with E-state index in [0.29, 0.717) is 26.3 Å². The van der Waals surface area contributed by atoms with Crippen molar-refractivity contribution in [2.24, 2.45) is 0 Å². The molecule has 0 aliphatic carbocycles. The van der Waals surface area contributed by atoms with Crippen LogP contribution in [0, 0.1) is 0 Å². The zero-order valence-corrected chi connectivity index (χ0v) is 17.3. The standard InChI is InChI=1S/C20H27N3O4.ClH/c1-14(24)17-18(15-4-6-16(7-5-15)21(2)3)23(20(26)19(17)25)9-8-22-10-12-27-13-11-22;/h4-7,18,25H,8-13H2,1-3H3;1H/p-1. The number of hydrogen-bond acceptors (Lipinski definition) is 6. The van der Waals surface area contributed by atoms with Gasteiger partial charge in [0, 0.05) is 46.0 Å². The smallest absolute Gasteiger partial charge is 0.290 e. The first-order chi connectivity index (χ1) is 12.9. The molecule has 1 fully saturated rings. The highest BCUT2D eigenvalue weighted by Crippen LogP contribution is 2.37. The van der Waals surface area contributed by atoms with Crippen molar-refractivity contribution in [3.05, 3.63) is 41.2 Å². The number of anilines is 1. The van der Waals surface area contributed by atoms with Gasteiger partial charge in [0.05, 0.1) is 24.8 Å². The number of aliphatic hydroxyl groups is 1. The molecule has 1 saturated heterocycles. The minimum atomic E-state index is -0.549. The molecule has 0 bridgehead atoms. The fraction of sp³-hybridized carbons (Fsp3) is 0.500. The van der Waals surface area contributed by atoms with Crippen molar-refractivity contribution in [2.75, 3.05) is 58.4 Å². The minimum Gasteiger partial charge on any atom is -1.00 e. The van der Waals surface area contributed by atoms with E-state index in [4.69, 9.17) is 4.74 Å². The molecular formula is C20H27ClN3O4-. The molecule has 0 spiro atoms. The lowest BCUT2D eigenvalue weighted by Gasteiger charge is -2.31. The van der Waals surface area contributed by atoms with Gasteiger partial charge in [-0.1, -0.05) is 12.1 Å². The van der Waals surface area contributed by atoms with Crippen LogP contribution in [0.2, 0.25) is 0 Å². The van der Waals surface area contributed by atoms with Gasteiger partial charge in [0.1, 0.15) is 0 Å². The number of carbonyl (C=O) groups is 2. The van der Waals surface area contributed by atoms with Gasteiger partial charge in [0.25, 0.3) is 5.91 Å². The summed E-state index contributed by atoms with van der Waals surface area (Å²) in [6, 6.07) is 7.18. The molecule has 1 amide bonds. The number of halogens is 1. The quantitative estimate of drug-likeness (QED) is 0.609. The van der Waals surface area contributed by atoms with Crippen LogP contribution in [-0.4, -0.2) is 80.1 Å². The summed E-state index contributed by atoms with van der Waals surface area (Å²) in [5.74, 6) is -1.18.